The van der Waals surface area contributed by atoms with Crippen molar-refractivity contribution >= 4 is 21.8 Å². The van der Waals surface area contributed by atoms with Crippen molar-refractivity contribution in [2.75, 3.05) is 27.2 Å². The lowest BCUT2D eigenvalue weighted by Gasteiger charge is -2.29. The van der Waals surface area contributed by atoms with Gasteiger partial charge in [0, 0.05) is 30.5 Å². The van der Waals surface area contributed by atoms with Crippen molar-refractivity contribution < 1.29 is 4.79 Å². The third-order valence-electron chi connectivity index (χ3n) is 3.31. The first kappa shape index (κ1) is 13.6. The van der Waals surface area contributed by atoms with Crippen LogP contribution in [-0.4, -0.2) is 42.9 Å². The fourth-order valence-electron chi connectivity index (χ4n) is 2.21. The number of carbonyl (C=O) groups is 1. The van der Waals surface area contributed by atoms with Crippen molar-refractivity contribution in [3.63, 3.8) is 0 Å². The molecule has 4 heteroatoms. The highest BCUT2D eigenvalue weighted by Crippen LogP contribution is 2.23. The van der Waals surface area contributed by atoms with Crippen LogP contribution in [0.4, 0.5) is 0 Å². The summed E-state index contributed by atoms with van der Waals surface area (Å²) in [5, 5.41) is 0. The van der Waals surface area contributed by atoms with E-state index in [2.05, 4.69) is 28.1 Å². The van der Waals surface area contributed by atoms with Gasteiger partial charge in [-0.25, -0.2) is 0 Å². The normalized spacial score (nSPS) is 14.8. The van der Waals surface area contributed by atoms with Crippen LogP contribution < -0.4 is 0 Å². The molecule has 1 aliphatic heterocycles. The molecule has 2 rings (SSSR count). The van der Waals surface area contributed by atoms with Gasteiger partial charge in [-0.15, -0.1) is 0 Å². The first-order valence-corrected chi connectivity index (χ1v) is 7.05. The number of benzene rings is 1. The zero-order chi connectivity index (χ0) is 13.1. The maximum atomic E-state index is 12.1. The third kappa shape index (κ3) is 3.33. The van der Waals surface area contributed by atoms with Gasteiger partial charge in [0.15, 0.2) is 0 Å². The number of fused-ring (bicyclic) bond motifs is 1. The number of hydrogen-bond acceptors (Lipinski definition) is 2. The predicted molar refractivity (Wildman–Crippen MR) is 76.4 cm³/mol. The number of halogens is 1. The topological polar surface area (TPSA) is 23.6 Å². The summed E-state index contributed by atoms with van der Waals surface area (Å²) in [6.45, 7) is 2.42. The Morgan fingerprint density at radius 3 is 2.89 bits per heavy atom. The van der Waals surface area contributed by atoms with E-state index in [9.17, 15) is 4.79 Å². The van der Waals surface area contributed by atoms with Crippen LogP contribution in [0.2, 0.25) is 0 Å². The van der Waals surface area contributed by atoms with Gasteiger partial charge in [-0.3, -0.25) is 4.79 Å². The maximum Gasteiger partial charge on any atom is 0.224 e. The molecule has 0 saturated carbocycles. The molecule has 18 heavy (non-hydrogen) atoms. The van der Waals surface area contributed by atoms with Crippen molar-refractivity contribution in [3.05, 3.63) is 33.8 Å². The Bertz CT molecular complexity index is 445. The first-order valence-electron chi connectivity index (χ1n) is 6.26. The molecule has 1 aromatic carbocycles. The van der Waals surface area contributed by atoms with Gasteiger partial charge in [0.2, 0.25) is 5.91 Å². The van der Waals surface area contributed by atoms with Gasteiger partial charge in [0.05, 0.1) is 0 Å². The molecule has 0 bridgehead atoms. The quantitative estimate of drug-likeness (QED) is 0.855. The number of carbonyl (C=O) groups excluding carboxylic acids is 1. The molecule has 1 amide bonds. The average molecular weight is 311 g/mol. The molecule has 0 N–H and O–H groups in total. The van der Waals surface area contributed by atoms with E-state index < -0.39 is 0 Å². The molecule has 1 aliphatic rings. The van der Waals surface area contributed by atoms with Crippen LogP contribution in [0.1, 0.15) is 17.5 Å². The van der Waals surface area contributed by atoms with E-state index in [0.717, 1.165) is 30.5 Å². The van der Waals surface area contributed by atoms with Gasteiger partial charge in [-0.2, -0.15) is 0 Å². The minimum atomic E-state index is 0.261. The van der Waals surface area contributed by atoms with Gasteiger partial charge >= 0.3 is 0 Å². The predicted octanol–water partition coefficient (Wildman–Crippen LogP) is 2.29. The second kappa shape index (κ2) is 5.85. The van der Waals surface area contributed by atoms with E-state index in [4.69, 9.17) is 0 Å². The molecule has 98 valence electrons. The lowest BCUT2D eigenvalue weighted by molar-refractivity contribution is -0.132. The molecule has 0 spiro atoms. The van der Waals surface area contributed by atoms with Crippen molar-refractivity contribution in [1.82, 2.24) is 9.80 Å². The molecule has 0 unspecified atom stereocenters. The van der Waals surface area contributed by atoms with E-state index >= 15 is 0 Å². The van der Waals surface area contributed by atoms with Gasteiger partial charge < -0.3 is 9.80 Å². The van der Waals surface area contributed by atoms with E-state index in [1.165, 1.54) is 11.1 Å². The fourth-order valence-corrected chi connectivity index (χ4v) is 2.62. The van der Waals surface area contributed by atoms with Crippen molar-refractivity contribution in [2.24, 2.45) is 0 Å². The average Bonchev–Trinajstić information content (AvgIpc) is 2.35. The number of rotatable bonds is 3. The summed E-state index contributed by atoms with van der Waals surface area (Å²) in [7, 11) is 3.99. The van der Waals surface area contributed by atoms with Crippen LogP contribution in [0.3, 0.4) is 0 Å². The monoisotopic (exact) mass is 310 g/mol. The summed E-state index contributed by atoms with van der Waals surface area (Å²) in [6, 6.07) is 6.33. The second-order valence-electron chi connectivity index (χ2n) is 5.03. The van der Waals surface area contributed by atoms with Gasteiger partial charge in [0.1, 0.15) is 0 Å². The Morgan fingerprint density at radius 2 is 2.17 bits per heavy atom. The summed E-state index contributed by atoms with van der Waals surface area (Å²) >= 11 is 3.49. The summed E-state index contributed by atoms with van der Waals surface area (Å²) in [6.07, 6.45) is 1.57. The first-order chi connectivity index (χ1) is 8.56. The minimum absolute atomic E-state index is 0.261. The van der Waals surface area contributed by atoms with Gasteiger partial charge in [-0.1, -0.05) is 22.0 Å². The van der Waals surface area contributed by atoms with E-state index in [1.54, 1.807) is 0 Å². The van der Waals surface area contributed by atoms with Crippen LogP contribution in [0.15, 0.2) is 22.7 Å². The lowest BCUT2D eigenvalue weighted by Crippen LogP contribution is -2.37. The van der Waals surface area contributed by atoms with Crippen molar-refractivity contribution in [1.29, 1.82) is 0 Å². The van der Waals surface area contributed by atoms with E-state index in [0.29, 0.717) is 6.42 Å². The van der Waals surface area contributed by atoms with Gasteiger partial charge in [-0.05, 0) is 43.8 Å². The molecule has 1 heterocycles. The largest absolute Gasteiger partial charge is 0.338 e. The maximum absolute atomic E-state index is 12.1. The SMILES string of the molecule is CN(C)CCC(=O)N1CCc2cc(Br)ccc2C1. The molecule has 0 saturated heterocycles. The van der Waals surface area contributed by atoms with E-state index in [-0.39, 0.29) is 5.91 Å². The Kier molecular flexibility index (Phi) is 4.40. The van der Waals surface area contributed by atoms with Crippen LogP contribution in [0.25, 0.3) is 0 Å². The Balaban J connectivity index is 1.99. The molecule has 3 nitrogen and oxygen atoms in total. The number of amides is 1. The van der Waals surface area contributed by atoms with Crippen molar-refractivity contribution in [3.8, 4) is 0 Å². The Hall–Kier alpha value is -0.870. The third-order valence-corrected chi connectivity index (χ3v) is 3.80. The summed E-state index contributed by atoms with van der Waals surface area (Å²) in [5.74, 6) is 0.261. The van der Waals surface area contributed by atoms with Crippen LogP contribution in [0, 0.1) is 0 Å². The Labute approximate surface area is 117 Å². The minimum Gasteiger partial charge on any atom is -0.338 e. The summed E-state index contributed by atoms with van der Waals surface area (Å²) in [5.41, 5.74) is 2.64. The van der Waals surface area contributed by atoms with Crippen LogP contribution >= 0.6 is 15.9 Å². The lowest BCUT2D eigenvalue weighted by atomic mass is 10.00. The molecular weight excluding hydrogens is 292 g/mol. The molecule has 0 aromatic heterocycles. The van der Waals surface area contributed by atoms with E-state index in [1.807, 2.05) is 30.0 Å². The molecular formula is C14H19BrN2O. The Morgan fingerprint density at radius 1 is 1.39 bits per heavy atom. The molecule has 0 radical (unpaired) electrons. The van der Waals surface area contributed by atoms with Crippen molar-refractivity contribution in [2.45, 2.75) is 19.4 Å². The van der Waals surface area contributed by atoms with Gasteiger partial charge in [0.25, 0.3) is 0 Å². The zero-order valence-corrected chi connectivity index (χ0v) is 12.5. The number of nitrogens with zero attached hydrogens (tertiary/aromatic N) is 2. The van der Waals surface area contributed by atoms with Crippen LogP contribution in [-0.2, 0) is 17.8 Å². The number of hydrogen-bond donors (Lipinski definition) is 0. The zero-order valence-electron chi connectivity index (χ0n) is 10.9. The molecule has 0 fully saturated rings. The fraction of sp³-hybridized carbons (Fsp3) is 0.500. The highest BCUT2D eigenvalue weighted by atomic mass is 79.9. The standard InChI is InChI=1S/C14H19BrN2O/c1-16(2)7-6-14(18)17-8-5-11-9-13(15)4-3-12(11)10-17/h3-4,9H,5-8,10H2,1-2H3. The summed E-state index contributed by atoms with van der Waals surface area (Å²) < 4.78 is 1.12. The summed E-state index contributed by atoms with van der Waals surface area (Å²) in [4.78, 5) is 16.1. The second-order valence-corrected chi connectivity index (χ2v) is 5.95. The molecule has 0 aliphatic carbocycles. The highest BCUT2D eigenvalue weighted by Gasteiger charge is 2.20. The molecule has 1 aromatic rings. The highest BCUT2D eigenvalue weighted by molar-refractivity contribution is 9.10. The molecule has 0 atom stereocenters. The van der Waals surface area contributed by atoms with Crippen LogP contribution in [0.5, 0.6) is 0 Å². The smallest absolute Gasteiger partial charge is 0.224 e.